The van der Waals surface area contributed by atoms with Crippen LogP contribution in [0.3, 0.4) is 0 Å². The van der Waals surface area contributed by atoms with Gasteiger partial charge in [0.05, 0.1) is 6.10 Å². The van der Waals surface area contributed by atoms with Gasteiger partial charge < -0.3 is 15.7 Å². The number of carbonyl (C=O) groups is 2. The summed E-state index contributed by atoms with van der Waals surface area (Å²) in [5.74, 6) is -0.274. The molecule has 0 spiro atoms. The molecule has 0 unspecified atom stereocenters. The zero-order valence-corrected chi connectivity index (χ0v) is 18.9. The maximum atomic E-state index is 12.7. The minimum Gasteiger partial charge on any atom is -0.392 e. The van der Waals surface area contributed by atoms with E-state index < -0.39 is 6.10 Å². The van der Waals surface area contributed by atoms with Crippen LogP contribution in [0.25, 0.3) is 0 Å². The number of aromatic nitrogens is 1. The fourth-order valence-electron chi connectivity index (χ4n) is 5.85. The Kier molecular flexibility index (Phi) is 6.85. The molecule has 6 nitrogen and oxygen atoms in total. The van der Waals surface area contributed by atoms with Crippen molar-refractivity contribution in [3.8, 4) is 0 Å². The number of rotatable bonds is 5. The number of hydrogen-bond donors (Lipinski definition) is 3. The summed E-state index contributed by atoms with van der Waals surface area (Å²) in [5, 5.41) is 17.6. The average molecular weight is 416 g/mol. The van der Waals surface area contributed by atoms with Crippen LogP contribution >= 0.6 is 0 Å². The molecular weight excluding hydrogens is 378 g/mol. The number of nitrogens with one attached hydrogen (secondary N) is 2. The van der Waals surface area contributed by atoms with Crippen LogP contribution < -0.4 is 10.6 Å². The van der Waals surface area contributed by atoms with E-state index in [2.05, 4.69) is 29.5 Å². The van der Waals surface area contributed by atoms with E-state index in [4.69, 9.17) is 0 Å². The fourth-order valence-corrected chi connectivity index (χ4v) is 5.85. The van der Waals surface area contributed by atoms with Gasteiger partial charge in [-0.3, -0.25) is 14.6 Å². The summed E-state index contributed by atoms with van der Waals surface area (Å²) in [6.45, 7) is 10.2. The summed E-state index contributed by atoms with van der Waals surface area (Å²) in [6, 6.07) is 5.40. The first-order chi connectivity index (χ1) is 14.1. The van der Waals surface area contributed by atoms with E-state index >= 15 is 0 Å². The zero-order valence-electron chi connectivity index (χ0n) is 18.9. The Morgan fingerprint density at radius 1 is 1.20 bits per heavy atom. The first-order valence-electron chi connectivity index (χ1n) is 11.3. The molecule has 0 saturated heterocycles. The molecule has 0 bridgehead atoms. The van der Waals surface area contributed by atoms with Crippen molar-refractivity contribution in [1.82, 2.24) is 15.6 Å². The molecule has 0 aromatic carbocycles. The van der Waals surface area contributed by atoms with Crippen molar-refractivity contribution in [3.63, 3.8) is 0 Å². The molecule has 3 N–H and O–H groups in total. The highest BCUT2D eigenvalue weighted by molar-refractivity contribution is 5.92. The first-order valence-corrected chi connectivity index (χ1v) is 11.3. The van der Waals surface area contributed by atoms with E-state index in [1.807, 2.05) is 26.8 Å². The minimum absolute atomic E-state index is 0.00854. The van der Waals surface area contributed by atoms with E-state index in [1.54, 1.807) is 18.3 Å². The summed E-state index contributed by atoms with van der Waals surface area (Å²) in [6.07, 6.45) is 4.79. The van der Waals surface area contributed by atoms with Gasteiger partial charge in [0.15, 0.2) is 0 Å². The Morgan fingerprint density at radius 2 is 1.90 bits per heavy atom. The van der Waals surface area contributed by atoms with Crippen LogP contribution in [-0.4, -0.2) is 40.1 Å². The van der Waals surface area contributed by atoms with E-state index in [1.165, 1.54) is 0 Å². The smallest absolute Gasteiger partial charge is 0.270 e. The highest BCUT2D eigenvalue weighted by Crippen LogP contribution is 2.55. The number of aliphatic hydroxyl groups excluding tert-OH is 1. The molecule has 2 aliphatic rings. The van der Waals surface area contributed by atoms with Gasteiger partial charge in [0, 0.05) is 24.2 Å². The molecule has 2 saturated carbocycles. The van der Waals surface area contributed by atoms with Gasteiger partial charge in [0.2, 0.25) is 5.91 Å². The summed E-state index contributed by atoms with van der Waals surface area (Å²) < 4.78 is 0. The van der Waals surface area contributed by atoms with Gasteiger partial charge in [-0.15, -0.1) is 0 Å². The van der Waals surface area contributed by atoms with Gasteiger partial charge in [-0.25, -0.2) is 0 Å². The van der Waals surface area contributed by atoms with Crippen LogP contribution in [0.5, 0.6) is 0 Å². The average Bonchev–Trinajstić information content (AvgIpc) is 2.70. The molecule has 0 aliphatic heterocycles. The number of pyridine rings is 1. The van der Waals surface area contributed by atoms with Gasteiger partial charge in [0.25, 0.3) is 5.91 Å². The molecule has 2 amide bonds. The van der Waals surface area contributed by atoms with Crippen LogP contribution in [0, 0.1) is 29.1 Å². The molecule has 30 heavy (non-hydrogen) atoms. The molecular formula is C24H37N3O3. The van der Waals surface area contributed by atoms with Crippen LogP contribution in [-0.2, 0) is 4.79 Å². The SMILES string of the molecule is CC(C)NC(=O)[C@@H](C)[C@@H]1CC[C@@]2(C)CC[C@H](NC(=O)c3ccccn3)[C@@H](C)[C@@H]2[C@H]1O. The third kappa shape index (κ3) is 4.53. The molecule has 166 valence electrons. The predicted molar refractivity (Wildman–Crippen MR) is 117 cm³/mol. The van der Waals surface area contributed by atoms with Crippen LogP contribution in [0.1, 0.15) is 70.8 Å². The lowest BCUT2D eigenvalue weighted by molar-refractivity contribution is -0.142. The van der Waals surface area contributed by atoms with Crippen molar-refractivity contribution in [2.45, 2.75) is 78.5 Å². The second-order valence-electron chi connectivity index (χ2n) is 10.0. The molecule has 7 atom stereocenters. The van der Waals surface area contributed by atoms with E-state index in [0.717, 1.165) is 25.7 Å². The van der Waals surface area contributed by atoms with Crippen LogP contribution in [0.15, 0.2) is 24.4 Å². The summed E-state index contributed by atoms with van der Waals surface area (Å²) in [7, 11) is 0. The summed E-state index contributed by atoms with van der Waals surface area (Å²) >= 11 is 0. The number of aliphatic hydroxyl groups is 1. The van der Waals surface area contributed by atoms with Crippen molar-refractivity contribution in [1.29, 1.82) is 0 Å². The third-order valence-electron chi connectivity index (χ3n) is 7.59. The second-order valence-corrected chi connectivity index (χ2v) is 10.0. The molecule has 1 heterocycles. The molecule has 6 heteroatoms. The quantitative estimate of drug-likeness (QED) is 0.689. The van der Waals surface area contributed by atoms with Crippen LogP contribution in [0.2, 0.25) is 0 Å². The summed E-state index contributed by atoms with van der Waals surface area (Å²) in [4.78, 5) is 29.4. The Hall–Kier alpha value is -1.95. The van der Waals surface area contributed by atoms with Crippen molar-refractivity contribution in [3.05, 3.63) is 30.1 Å². The number of fused-ring (bicyclic) bond motifs is 1. The molecule has 1 aromatic rings. The Labute approximate surface area is 180 Å². The number of nitrogens with zero attached hydrogens (tertiary/aromatic N) is 1. The lowest BCUT2D eigenvalue weighted by Crippen LogP contribution is -2.58. The van der Waals surface area contributed by atoms with Crippen LogP contribution in [0.4, 0.5) is 0 Å². The number of amides is 2. The van der Waals surface area contributed by atoms with Gasteiger partial charge in [-0.05, 0) is 74.8 Å². The fraction of sp³-hybridized carbons (Fsp3) is 0.708. The minimum atomic E-state index is -0.554. The topological polar surface area (TPSA) is 91.3 Å². The van der Waals surface area contributed by atoms with E-state index in [-0.39, 0.29) is 53.0 Å². The highest BCUT2D eigenvalue weighted by Gasteiger charge is 2.53. The third-order valence-corrected chi connectivity index (χ3v) is 7.59. The molecule has 2 aliphatic carbocycles. The lowest BCUT2D eigenvalue weighted by atomic mass is 9.51. The van der Waals surface area contributed by atoms with Crippen molar-refractivity contribution in [2.75, 3.05) is 0 Å². The Bertz CT molecular complexity index is 753. The van der Waals surface area contributed by atoms with Crippen molar-refractivity contribution < 1.29 is 14.7 Å². The first kappa shape index (κ1) is 22.7. The second kappa shape index (κ2) is 9.04. The maximum absolute atomic E-state index is 12.7. The van der Waals surface area contributed by atoms with E-state index in [0.29, 0.717) is 5.69 Å². The van der Waals surface area contributed by atoms with Gasteiger partial charge in [-0.2, -0.15) is 0 Å². The standard InChI is InChI=1S/C24H37N3O3/c1-14(2)26-22(29)15(3)17-9-11-24(5)12-10-18(16(4)20(24)21(17)28)27-23(30)19-8-6-7-13-25-19/h6-8,13-18,20-21,28H,9-12H2,1-5H3,(H,26,29)(H,27,30)/t15-,16+,17-,18-,20+,21-,24-/m0/s1. The van der Waals surface area contributed by atoms with Crippen molar-refractivity contribution >= 4 is 11.8 Å². The van der Waals surface area contributed by atoms with E-state index in [9.17, 15) is 14.7 Å². The highest BCUT2D eigenvalue weighted by atomic mass is 16.3. The lowest BCUT2D eigenvalue weighted by Gasteiger charge is -2.56. The normalized spacial score (nSPS) is 34.7. The maximum Gasteiger partial charge on any atom is 0.270 e. The monoisotopic (exact) mass is 415 g/mol. The number of hydrogen-bond acceptors (Lipinski definition) is 4. The zero-order chi connectivity index (χ0) is 22.1. The Balaban J connectivity index is 1.74. The Morgan fingerprint density at radius 3 is 2.53 bits per heavy atom. The molecule has 0 radical (unpaired) electrons. The number of carbonyl (C=O) groups excluding carboxylic acids is 2. The van der Waals surface area contributed by atoms with Gasteiger partial charge in [0.1, 0.15) is 5.69 Å². The predicted octanol–water partition coefficient (Wildman–Crippen LogP) is 3.16. The largest absolute Gasteiger partial charge is 0.392 e. The molecule has 1 aromatic heterocycles. The van der Waals surface area contributed by atoms with Gasteiger partial charge >= 0.3 is 0 Å². The molecule has 2 fully saturated rings. The van der Waals surface area contributed by atoms with Crippen molar-refractivity contribution in [2.24, 2.45) is 29.1 Å². The summed E-state index contributed by atoms with van der Waals surface area (Å²) in [5.41, 5.74) is 0.453. The molecule has 3 rings (SSSR count). The van der Waals surface area contributed by atoms with Gasteiger partial charge in [-0.1, -0.05) is 26.8 Å².